The molecule has 2 saturated carbocycles. The first-order valence-electron chi connectivity index (χ1n) is 12.6. The first-order chi connectivity index (χ1) is 16.9. The van der Waals surface area contributed by atoms with Crippen molar-refractivity contribution in [2.75, 3.05) is 13.2 Å². The quantitative estimate of drug-likeness (QED) is 0.349. The number of halogens is 3. The van der Waals surface area contributed by atoms with E-state index in [1.165, 1.54) is 18.2 Å². The third kappa shape index (κ3) is 5.83. The summed E-state index contributed by atoms with van der Waals surface area (Å²) in [5.41, 5.74) is 1.18. The van der Waals surface area contributed by atoms with E-state index in [-0.39, 0.29) is 35.9 Å². The van der Waals surface area contributed by atoms with Crippen LogP contribution in [0, 0.1) is 29.3 Å². The van der Waals surface area contributed by atoms with Gasteiger partial charge in [-0.3, -0.25) is 4.79 Å². The van der Waals surface area contributed by atoms with E-state index in [9.17, 15) is 23.1 Å². The van der Waals surface area contributed by atoms with Crippen LogP contribution < -0.4 is 9.47 Å². The second-order valence-corrected chi connectivity index (χ2v) is 9.77. The Balaban J connectivity index is 1.34. The number of rotatable bonds is 7. The van der Waals surface area contributed by atoms with Gasteiger partial charge in [0, 0.05) is 6.61 Å². The minimum absolute atomic E-state index is 0.0974. The zero-order chi connectivity index (χ0) is 24.9. The van der Waals surface area contributed by atoms with Gasteiger partial charge in [-0.15, -0.1) is 0 Å². The first kappa shape index (κ1) is 25.5. The molecule has 0 saturated heterocycles. The highest BCUT2D eigenvalue weighted by Gasteiger charge is 2.31. The van der Waals surface area contributed by atoms with Crippen molar-refractivity contribution < 1.29 is 32.5 Å². The fourth-order valence-electron chi connectivity index (χ4n) is 5.49. The van der Waals surface area contributed by atoms with Crippen LogP contribution in [0.3, 0.4) is 0 Å². The number of benzene rings is 2. The monoisotopic (exact) mass is 490 g/mol. The van der Waals surface area contributed by atoms with Crippen molar-refractivity contribution in [3.8, 4) is 11.5 Å². The Hall–Kier alpha value is -2.54. The molecule has 0 radical (unpaired) electrons. The largest absolute Gasteiger partial charge is 0.491 e. The van der Waals surface area contributed by atoms with Crippen molar-refractivity contribution in [2.24, 2.45) is 11.8 Å². The van der Waals surface area contributed by atoms with Crippen LogP contribution >= 0.6 is 0 Å². The summed E-state index contributed by atoms with van der Waals surface area (Å²) < 4.78 is 54.3. The molecule has 2 aromatic rings. The zero-order valence-electron chi connectivity index (χ0n) is 20.1. The summed E-state index contributed by atoms with van der Waals surface area (Å²) in [6, 6.07) is 7.84. The lowest BCUT2D eigenvalue weighted by Gasteiger charge is -2.28. The van der Waals surface area contributed by atoms with Gasteiger partial charge in [0.2, 0.25) is 5.82 Å². The number of hydrogen-bond donors (Lipinski definition) is 1. The molecular weight excluding hydrogens is 457 g/mol. The summed E-state index contributed by atoms with van der Waals surface area (Å²) in [6.07, 6.45) is 5.39. The Labute approximate surface area is 204 Å². The van der Waals surface area contributed by atoms with E-state index in [4.69, 9.17) is 9.47 Å². The number of carbonyl (C=O) groups is 1. The SMILES string of the molecule is CCOc1ccc(C2CCC(C(=O)Oc3ccc(C4CCC(CO)CC4)c(F)c3F)CC2)cc1F. The van der Waals surface area contributed by atoms with Crippen molar-refractivity contribution >= 4 is 5.97 Å². The van der Waals surface area contributed by atoms with Gasteiger partial charge in [0.05, 0.1) is 12.5 Å². The molecule has 0 unspecified atom stereocenters. The van der Waals surface area contributed by atoms with Crippen molar-refractivity contribution in [3.63, 3.8) is 0 Å². The molecule has 2 aliphatic rings. The maximum absolute atomic E-state index is 14.8. The van der Waals surface area contributed by atoms with Crippen LogP contribution in [0.1, 0.15) is 81.3 Å². The Morgan fingerprint density at radius 2 is 1.54 bits per heavy atom. The molecule has 0 aromatic heterocycles. The predicted octanol–water partition coefficient (Wildman–Crippen LogP) is 6.65. The second-order valence-electron chi connectivity index (χ2n) is 9.77. The molecule has 0 bridgehead atoms. The van der Waals surface area contributed by atoms with Gasteiger partial charge in [-0.1, -0.05) is 12.1 Å². The van der Waals surface area contributed by atoms with E-state index >= 15 is 0 Å². The lowest BCUT2D eigenvalue weighted by Crippen LogP contribution is -2.25. The van der Waals surface area contributed by atoms with E-state index in [0.717, 1.165) is 18.4 Å². The van der Waals surface area contributed by atoms with Gasteiger partial charge in [-0.2, -0.15) is 4.39 Å². The predicted molar refractivity (Wildman–Crippen MR) is 126 cm³/mol. The maximum Gasteiger partial charge on any atom is 0.314 e. The number of ether oxygens (including phenoxy) is 2. The van der Waals surface area contributed by atoms with Gasteiger partial charge < -0.3 is 14.6 Å². The Morgan fingerprint density at radius 1 is 0.886 bits per heavy atom. The standard InChI is InChI=1S/C28H33F3O4/c1-2-34-24-13-11-21(15-23(24)29)18-7-9-20(10-8-18)28(33)35-25-14-12-22(26(30)27(25)31)19-5-3-17(16-32)4-6-19/h11-15,17-20,32H,2-10,16H2,1H3. The lowest BCUT2D eigenvalue weighted by molar-refractivity contribution is -0.140. The molecular formula is C28H33F3O4. The van der Waals surface area contributed by atoms with E-state index in [1.54, 1.807) is 13.0 Å². The van der Waals surface area contributed by atoms with Gasteiger partial charge in [0.15, 0.2) is 23.1 Å². The van der Waals surface area contributed by atoms with E-state index in [1.807, 2.05) is 6.07 Å². The van der Waals surface area contributed by atoms with Crippen LogP contribution in [-0.4, -0.2) is 24.3 Å². The van der Waals surface area contributed by atoms with Crippen LogP contribution in [0.15, 0.2) is 30.3 Å². The normalized spacial score (nSPS) is 24.7. The maximum atomic E-state index is 14.8. The Bertz CT molecular complexity index is 1030. The molecule has 0 heterocycles. The van der Waals surface area contributed by atoms with Crippen LogP contribution in [0.5, 0.6) is 11.5 Å². The van der Waals surface area contributed by atoms with Crippen LogP contribution in [0.2, 0.25) is 0 Å². The fourth-order valence-corrected chi connectivity index (χ4v) is 5.49. The topological polar surface area (TPSA) is 55.8 Å². The number of hydrogen-bond acceptors (Lipinski definition) is 4. The highest BCUT2D eigenvalue weighted by molar-refractivity contribution is 5.75. The van der Waals surface area contributed by atoms with Crippen LogP contribution in [0.25, 0.3) is 0 Å². The van der Waals surface area contributed by atoms with Crippen molar-refractivity contribution in [2.45, 2.75) is 70.1 Å². The Morgan fingerprint density at radius 3 is 2.17 bits per heavy atom. The highest BCUT2D eigenvalue weighted by atomic mass is 19.2. The molecule has 1 N–H and O–H groups in total. The highest BCUT2D eigenvalue weighted by Crippen LogP contribution is 2.40. The Kier molecular flexibility index (Phi) is 8.37. The van der Waals surface area contributed by atoms with Gasteiger partial charge >= 0.3 is 5.97 Å². The molecule has 7 heteroatoms. The van der Waals surface area contributed by atoms with Crippen molar-refractivity contribution in [1.82, 2.24) is 0 Å². The van der Waals surface area contributed by atoms with Crippen molar-refractivity contribution in [1.29, 1.82) is 0 Å². The number of aliphatic hydroxyl groups is 1. The molecule has 0 spiro atoms. The summed E-state index contributed by atoms with van der Waals surface area (Å²) in [6.45, 7) is 2.31. The van der Waals surface area contributed by atoms with Crippen LogP contribution in [0.4, 0.5) is 13.2 Å². The van der Waals surface area contributed by atoms with Gasteiger partial charge in [0.25, 0.3) is 0 Å². The summed E-state index contributed by atoms with van der Waals surface area (Å²) in [5, 5.41) is 9.28. The zero-order valence-corrected chi connectivity index (χ0v) is 20.1. The van der Waals surface area contributed by atoms with E-state index in [2.05, 4.69) is 0 Å². The molecule has 0 aliphatic heterocycles. The molecule has 2 fully saturated rings. The third-order valence-electron chi connectivity index (χ3n) is 7.62. The number of aliphatic hydroxyl groups excluding tert-OH is 1. The molecule has 190 valence electrons. The lowest BCUT2D eigenvalue weighted by atomic mass is 9.78. The summed E-state index contributed by atoms with van der Waals surface area (Å²) in [7, 11) is 0. The van der Waals surface area contributed by atoms with E-state index in [0.29, 0.717) is 50.7 Å². The molecule has 0 amide bonds. The fraction of sp³-hybridized carbons (Fsp3) is 0.536. The average Bonchev–Trinajstić information content (AvgIpc) is 2.88. The molecule has 0 atom stereocenters. The molecule has 2 aliphatic carbocycles. The summed E-state index contributed by atoms with van der Waals surface area (Å²) in [4.78, 5) is 12.7. The summed E-state index contributed by atoms with van der Waals surface area (Å²) in [5.74, 6) is -3.34. The molecule has 4 rings (SSSR count). The van der Waals surface area contributed by atoms with Crippen molar-refractivity contribution in [3.05, 3.63) is 58.9 Å². The number of carbonyl (C=O) groups excluding carboxylic acids is 1. The average molecular weight is 491 g/mol. The summed E-state index contributed by atoms with van der Waals surface area (Å²) >= 11 is 0. The molecule has 4 nitrogen and oxygen atoms in total. The van der Waals surface area contributed by atoms with E-state index < -0.39 is 29.3 Å². The van der Waals surface area contributed by atoms with Gasteiger partial charge in [-0.05, 0) is 105 Å². The number of esters is 1. The third-order valence-corrected chi connectivity index (χ3v) is 7.62. The van der Waals surface area contributed by atoms with Crippen LogP contribution in [-0.2, 0) is 4.79 Å². The first-order valence-corrected chi connectivity index (χ1v) is 12.6. The second kappa shape index (κ2) is 11.5. The minimum atomic E-state index is -1.13. The smallest absolute Gasteiger partial charge is 0.314 e. The van der Waals surface area contributed by atoms with Gasteiger partial charge in [0.1, 0.15) is 0 Å². The molecule has 35 heavy (non-hydrogen) atoms. The van der Waals surface area contributed by atoms with Gasteiger partial charge in [-0.25, -0.2) is 8.78 Å². The molecule has 2 aromatic carbocycles. The minimum Gasteiger partial charge on any atom is -0.491 e.